The van der Waals surface area contributed by atoms with E-state index in [1.54, 1.807) is 29.4 Å². The number of halogens is 1. The number of nitrogens with zero attached hydrogens (tertiary/aromatic N) is 4. The summed E-state index contributed by atoms with van der Waals surface area (Å²) in [6.07, 6.45) is 3.96. The lowest BCUT2D eigenvalue weighted by Crippen LogP contribution is -2.44. The van der Waals surface area contributed by atoms with Crippen molar-refractivity contribution in [3.63, 3.8) is 0 Å². The maximum Gasteiger partial charge on any atom is 0.410 e. The van der Waals surface area contributed by atoms with E-state index >= 15 is 0 Å². The molecule has 1 aromatic carbocycles. The minimum Gasteiger partial charge on any atom is -0.444 e. The lowest BCUT2D eigenvalue weighted by molar-refractivity contribution is -0.108. The van der Waals surface area contributed by atoms with E-state index in [-0.39, 0.29) is 24.8 Å². The summed E-state index contributed by atoms with van der Waals surface area (Å²) in [6, 6.07) is 9.53. The first kappa shape index (κ1) is 21.7. The molecule has 0 fully saturated rings. The summed E-state index contributed by atoms with van der Waals surface area (Å²) in [5.74, 6) is -0.335. The molecule has 1 amide bonds. The highest BCUT2D eigenvalue weighted by Gasteiger charge is 2.35. The van der Waals surface area contributed by atoms with Crippen LogP contribution < -0.4 is 0 Å². The second-order valence-electron chi connectivity index (χ2n) is 8.77. The zero-order chi connectivity index (χ0) is 22.9. The molecular weight excluding hydrogens is 411 g/mol. The van der Waals surface area contributed by atoms with Crippen LogP contribution in [0, 0.1) is 5.82 Å². The van der Waals surface area contributed by atoms with Crippen LogP contribution in [0.1, 0.15) is 38.9 Å². The molecule has 0 radical (unpaired) electrons. The van der Waals surface area contributed by atoms with Crippen molar-refractivity contribution in [3.05, 3.63) is 60.3 Å². The van der Waals surface area contributed by atoms with Gasteiger partial charge in [-0.15, -0.1) is 0 Å². The van der Waals surface area contributed by atoms with E-state index in [0.29, 0.717) is 12.2 Å². The number of ether oxygens (including phenoxy) is 1. The van der Waals surface area contributed by atoms with Crippen LogP contribution in [-0.2, 0) is 16.1 Å². The molecular formula is C24H25FN4O3. The number of carbonyl (C=O) groups is 2. The van der Waals surface area contributed by atoms with Crippen molar-refractivity contribution in [1.82, 2.24) is 19.7 Å². The highest BCUT2D eigenvalue weighted by molar-refractivity contribution is 5.83. The molecule has 3 heterocycles. The van der Waals surface area contributed by atoms with Gasteiger partial charge in [-0.2, -0.15) is 5.10 Å². The zero-order valence-electron chi connectivity index (χ0n) is 18.3. The quantitative estimate of drug-likeness (QED) is 0.557. The molecule has 0 spiro atoms. The summed E-state index contributed by atoms with van der Waals surface area (Å²) >= 11 is 0. The molecule has 4 rings (SSSR count). The Balaban J connectivity index is 1.86. The molecule has 8 heteroatoms. The molecule has 0 unspecified atom stereocenters. The third-order valence-corrected chi connectivity index (χ3v) is 5.23. The fourth-order valence-corrected chi connectivity index (χ4v) is 3.88. The van der Waals surface area contributed by atoms with E-state index in [1.165, 1.54) is 12.1 Å². The number of hydrogen-bond acceptors (Lipinski definition) is 5. The Labute approximate surface area is 185 Å². The monoisotopic (exact) mass is 436 g/mol. The summed E-state index contributed by atoms with van der Waals surface area (Å²) in [6.45, 7) is 6.03. The highest BCUT2D eigenvalue weighted by atomic mass is 19.1. The number of amides is 1. The van der Waals surface area contributed by atoms with Gasteiger partial charge < -0.3 is 14.4 Å². The van der Waals surface area contributed by atoms with E-state index in [4.69, 9.17) is 9.84 Å². The summed E-state index contributed by atoms with van der Waals surface area (Å²) in [5, 5.41) is 4.83. The average Bonchev–Trinajstić information content (AvgIpc) is 3.13. The lowest BCUT2D eigenvalue weighted by atomic mass is 9.98. The molecule has 0 saturated carbocycles. The molecule has 0 saturated heterocycles. The number of aromatic nitrogens is 3. The smallest absolute Gasteiger partial charge is 0.410 e. The van der Waals surface area contributed by atoms with Gasteiger partial charge in [-0.3, -0.25) is 9.67 Å². The summed E-state index contributed by atoms with van der Waals surface area (Å²) < 4.78 is 21.0. The predicted molar refractivity (Wildman–Crippen MR) is 117 cm³/mol. The molecule has 1 aliphatic rings. The molecule has 0 N–H and O–H groups in total. The standard InChI is InChI=1S/C24H25FN4O3/c1-24(2,3)32-23(31)28-14-19(10-13-30)29-20(15-28)21(16-8-11-26-12-9-16)22(27-29)17-4-6-18(25)7-5-17/h4-9,11-13,19H,10,14-15H2,1-3H3/t19-/m1/s1. The average molecular weight is 436 g/mol. The molecule has 0 bridgehead atoms. The third-order valence-electron chi connectivity index (χ3n) is 5.23. The van der Waals surface area contributed by atoms with Gasteiger partial charge in [0.25, 0.3) is 0 Å². The molecule has 7 nitrogen and oxygen atoms in total. The number of aldehydes is 1. The SMILES string of the molecule is CC(C)(C)OC(=O)N1Cc2c(-c3ccncc3)c(-c3ccc(F)cc3)nn2[C@H](CC=O)C1. The van der Waals surface area contributed by atoms with Gasteiger partial charge in [-0.1, -0.05) is 0 Å². The summed E-state index contributed by atoms with van der Waals surface area (Å²) in [4.78, 5) is 30.0. The maximum absolute atomic E-state index is 13.6. The predicted octanol–water partition coefficient (Wildman–Crippen LogP) is 4.63. The van der Waals surface area contributed by atoms with Crippen molar-refractivity contribution >= 4 is 12.4 Å². The number of fused-ring (bicyclic) bond motifs is 1. The van der Waals surface area contributed by atoms with Crippen LogP contribution in [0.25, 0.3) is 22.4 Å². The van der Waals surface area contributed by atoms with Crippen LogP contribution >= 0.6 is 0 Å². The van der Waals surface area contributed by atoms with Crippen molar-refractivity contribution in [2.45, 2.75) is 45.4 Å². The van der Waals surface area contributed by atoms with E-state index in [2.05, 4.69) is 4.98 Å². The number of rotatable bonds is 4. The van der Waals surface area contributed by atoms with E-state index < -0.39 is 11.7 Å². The number of hydrogen-bond donors (Lipinski definition) is 0. The Kier molecular flexibility index (Phi) is 5.78. The van der Waals surface area contributed by atoms with Crippen LogP contribution in [0.2, 0.25) is 0 Å². The summed E-state index contributed by atoms with van der Waals surface area (Å²) in [5.41, 5.74) is 3.25. The van der Waals surface area contributed by atoms with Crippen LogP contribution in [0.15, 0.2) is 48.8 Å². The first-order valence-electron chi connectivity index (χ1n) is 10.5. The fourth-order valence-electron chi connectivity index (χ4n) is 3.88. The Bertz CT molecular complexity index is 1120. The van der Waals surface area contributed by atoms with Gasteiger partial charge in [0.05, 0.1) is 18.3 Å². The van der Waals surface area contributed by atoms with Gasteiger partial charge in [0, 0.05) is 36.5 Å². The van der Waals surface area contributed by atoms with Gasteiger partial charge >= 0.3 is 6.09 Å². The van der Waals surface area contributed by atoms with Crippen LogP contribution in [-0.4, -0.2) is 44.2 Å². The van der Waals surface area contributed by atoms with Gasteiger partial charge in [0.2, 0.25) is 0 Å². The topological polar surface area (TPSA) is 77.3 Å². The van der Waals surface area contributed by atoms with Crippen molar-refractivity contribution in [1.29, 1.82) is 0 Å². The molecule has 166 valence electrons. The number of benzene rings is 1. The molecule has 0 aliphatic carbocycles. The molecule has 32 heavy (non-hydrogen) atoms. The van der Waals surface area contributed by atoms with Crippen molar-refractivity contribution in [2.24, 2.45) is 0 Å². The molecule has 2 aromatic heterocycles. The van der Waals surface area contributed by atoms with E-state index in [0.717, 1.165) is 28.7 Å². The first-order valence-corrected chi connectivity index (χ1v) is 10.5. The molecule has 1 aliphatic heterocycles. The number of pyridine rings is 1. The van der Waals surface area contributed by atoms with Gasteiger partial charge in [-0.05, 0) is 62.7 Å². The van der Waals surface area contributed by atoms with Gasteiger partial charge in [-0.25, -0.2) is 9.18 Å². The molecule has 1 atom stereocenters. The van der Waals surface area contributed by atoms with Crippen LogP contribution in [0.5, 0.6) is 0 Å². The van der Waals surface area contributed by atoms with Crippen molar-refractivity contribution < 1.29 is 18.7 Å². The Morgan fingerprint density at radius 1 is 1.16 bits per heavy atom. The summed E-state index contributed by atoms with van der Waals surface area (Å²) in [7, 11) is 0. The minimum atomic E-state index is -0.637. The highest BCUT2D eigenvalue weighted by Crippen LogP contribution is 2.39. The van der Waals surface area contributed by atoms with Crippen LogP contribution in [0.3, 0.4) is 0 Å². The zero-order valence-corrected chi connectivity index (χ0v) is 18.3. The maximum atomic E-state index is 13.6. The second kappa shape index (κ2) is 8.53. The van der Waals surface area contributed by atoms with Gasteiger partial charge in [0.1, 0.15) is 23.4 Å². The van der Waals surface area contributed by atoms with E-state index in [9.17, 15) is 14.0 Å². The first-order chi connectivity index (χ1) is 15.3. The Hall–Kier alpha value is -3.55. The fraction of sp³-hybridized carbons (Fsp3) is 0.333. The van der Waals surface area contributed by atoms with Crippen molar-refractivity contribution in [2.75, 3.05) is 6.54 Å². The van der Waals surface area contributed by atoms with Crippen molar-refractivity contribution in [3.8, 4) is 22.4 Å². The normalized spacial score (nSPS) is 15.9. The number of carbonyl (C=O) groups excluding carboxylic acids is 2. The van der Waals surface area contributed by atoms with Crippen LogP contribution in [0.4, 0.5) is 9.18 Å². The van der Waals surface area contributed by atoms with E-state index in [1.807, 2.05) is 37.6 Å². The van der Waals surface area contributed by atoms with Gasteiger partial charge in [0.15, 0.2) is 0 Å². The minimum absolute atomic E-state index is 0.201. The third kappa shape index (κ3) is 4.39. The molecule has 3 aromatic rings. The second-order valence-corrected chi connectivity index (χ2v) is 8.77. The largest absolute Gasteiger partial charge is 0.444 e. The Morgan fingerprint density at radius 3 is 2.47 bits per heavy atom. The Morgan fingerprint density at radius 2 is 1.84 bits per heavy atom. The lowest BCUT2D eigenvalue weighted by Gasteiger charge is -2.34.